The van der Waals surface area contributed by atoms with Crippen molar-refractivity contribution < 1.29 is 23.9 Å². The molecular weight excluding hydrogens is 269 g/mol. The molecule has 7 nitrogen and oxygen atoms in total. The number of halogens is 1. The van der Waals surface area contributed by atoms with Gasteiger partial charge in [0.2, 0.25) is 11.8 Å². The SMILES string of the molecule is O=C1CNC(C(=O)Nc2cc(F)ccc2C(=O)O)CN1. The van der Waals surface area contributed by atoms with Gasteiger partial charge in [0, 0.05) is 6.54 Å². The average Bonchev–Trinajstić information content (AvgIpc) is 2.39. The van der Waals surface area contributed by atoms with Crippen LogP contribution in [0.25, 0.3) is 0 Å². The Morgan fingerprint density at radius 3 is 2.75 bits per heavy atom. The van der Waals surface area contributed by atoms with E-state index < -0.39 is 23.7 Å². The highest BCUT2D eigenvalue weighted by molar-refractivity contribution is 6.02. The molecule has 1 unspecified atom stereocenters. The van der Waals surface area contributed by atoms with Crippen molar-refractivity contribution in [3.63, 3.8) is 0 Å². The van der Waals surface area contributed by atoms with Crippen molar-refractivity contribution in [3.8, 4) is 0 Å². The van der Waals surface area contributed by atoms with E-state index in [1.54, 1.807) is 0 Å². The van der Waals surface area contributed by atoms with Crippen LogP contribution in [0.15, 0.2) is 18.2 Å². The number of carbonyl (C=O) groups is 3. The van der Waals surface area contributed by atoms with Gasteiger partial charge in [-0.3, -0.25) is 14.9 Å². The number of anilines is 1. The minimum Gasteiger partial charge on any atom is -0.478 e. The van der Waals surface area contributed by atoms with Crippen LogP contribution in [-0.2, 0) is 9.59 Å². The van der Waals surface area contributed by atoms with Crippen molar-refractivity contribution in [1.29, 1.82) is 0 Å². The summed E-state index contributed by atoms with van der Waals surface area (Å²) in [5.74, 6) is -2.70. The topological polar surface area (TPSA) is 108 Å². The molecule has 106 valence electrons. The molecular formula is C12H12FN3O4. The fourth-order valence-electron chi connectivity index (χ4n) is 1.78. The van der Waals surface area contributed by atoms with Gasteiger partial charge < -0.3 is 15.7 Å². The number of carboxylic acids is 1. The number of benzene rings is 1. The molecule has 20 heavy (non-hydrogen) atoms. The lowest BCUT2D eigenvalue weighted by atomic mass is 10.1. The predicted octanol–water partition coefficient (Wildman–Crippen LogP) is -0.450. The molecule has 0 saturated carbocycles. The molecule has 1 atom stereocenters. The maximum atomic E-state index is 13.1. The fraction of sp³-hybridized carbons (Fsp3) is 0.250. The molecule has 1 aliphatic heterocycles. The van der Waals surface area contributed by atoms with Gasteiger partial charge in [-0.2, -0.15) is 0 Å². The summed E-state index contributed by atoms with van der Waals surface area (Å²) < 4.78 is 13.1. The zero-order valence-corrected chi connectivity index (χ0v) is 10.3. The molecule has 1 heterocycles. The first-order valence-corrected chi connectivity index (χ1v) is 5.81. The van der Waals surface area contributed by atoms with Gasteiger partial charge >= 0.3 is 5.97 Å². The second kappa shape index (κ2) is 5.66. The number of aromatic carboxylic acids is 1. The van der Waals surface area contributed by atoms with Crippen LogP contribution in [0.2, 0.25) is 0 Å². The third-order valence-electron chi connectivity index (χ3n) is 2.80. The van der Waals surface area contributed by atoms with Crippen LogP contribution in [0.1, 0.15) is 10.4 Å². The van der Waals surface area contributed by atoms with Gasteiger partial charge in [0.25, 0.3) is 0 Å². The molecule has 2 amide bonds. The maximum absolute atomic E-state index is 13.1. The standard InChI is InChI=1S/C12H12FN3O4/c13-6-1-2-7(12(19)20)8(3-6)16-11(18)9-4-15-10(17)5-14-9/h1-3,9,14H,4-5H2,(H,15,17)(H,16,18)(H,19,20). The fourth-order valence-corrected chi connectivity index (χ4v) is 1.78. The van der Waals surface area contributed by atoms with Crippen LogP contribution in [0.4, 0.5) is 10.1 Å². The molecule has 8 heteroatoms. The van der Waals surface area contributed by atoms with Crippen molar-refractivity contribution in [2.24, 2.45) is 0 Å². The summed E-state index contributed by atoms with van der Waals surface area (Å²) >= 11 is 0. The maximum Gasteiger partial charge on any atom is 0.337 e. The quantitative estimate of drug-likeness (QED) is 0.600. The van der Waals surface area contributed by atoms with E-state index in [2.05, 4.69) is 16.0 Å². The third kappa shape index (κ3) is 3.09. The highest BCUT2D eigenvalue weighted by Gasteiger charge is 2.25. The molecule has 0 bridgehead atoms. The van der Waals surface area contributed by atoms with E-state index in [1.165, 1.54) is 0 Å². The Kier molecular flexibility index (Phi) is 3.94. The Labute approximate surface area is 113 Å². The van der Waals surface area contributed by atoms with Crippen molar-refractivity contribution >= 4 is 23.5 Å². The number of carboxylic acid groups (broad SMARTS) is 1. The highest BCUT2D eigenvalue weighted by Crippen LogP contribution is 2.17. The molecule has 0 aliphatic carbocycles. The lowest BCUT2D eigenvalue weighted by Gasteiger charge is -2.23. The van der Waals surface area contributed by atoms with Crippen LogP contribution in [0, 0.1) is 5.82 Å². The molecule has 4 N–H and O–H groups in total. The van der Waals surface area contributed by atoms with Gasteiger partial charge in [0.05, 0.1) is 17.8 Å². The molecule has 0 spiro atoms. The average molecular weight is 281 g/mol. The van der Waals surface area contributed by atoms with Crippen molar-refractivity contribution in [2.45, 2.75) is 6.04 Å². The summed E-state index contributed by atoms with van der Waals surface area (Å²) in [4.78, 5) is 33.9. The number of carbonyl (C=O) groups excluding carboxylic acids is 2. The predicted molar refractivity (Wildman–Crippen MR) is 66.8 cm³/mol. The number of hydrogen-bond donors (Lipinski definition) is 4. The van der Waals surface area contributed by atoms with E-state index in [-0.39, 0.29) is 30.2 Å². The van der Waals surface area contributed by atoms with Gasteiger partial charge in [-0.25, -0.2) is 9.18 Å². The molecule has 1 aromatic rings. The first-order chi connectivity index (χ1) is 9.47. The van der Waals surface area contributed by atoms with E-state index in [0.29, 0.717) is 0 Å². The normalized spacial score (nSPS) is 18.2. The van der Waals surface area contributed by atoms with Crippen LogP contribution in [0.5, 0.6) is 0 Å². The Hall–Kier alpha value is -2.48. The zero-order chi connectivity index (χ0) is 14.7. The minimum atomic E-state index is -1.27. The Morgan fingerprint density at radius 2 is 2.15 bits per heavy atom. The highest BCUT2D eigenvalue weighted by atomic mass is 19.1. The number of piperazine rings is 1. The van der Waals surface area contributed by atoms with Gasteiger partial charge in [-0.05, 0) is 18.2 Å². The summed E-state index contributed by atoms with van der Waals surface area (Å²) in [5.41, 5.74) is -0.333. The summed E-state index contributed by atoms with van der Waals surface area (Å²) in [6.07, 6.45) is 0. The molecule has 1 fully saturated rings. The van der Waals surface area contributed by atoms with Crippen molar-refractivity contribution in [2.75, 3.05) is 18.4 Å². The van der Waals surface area contributed by atoms with Gasteiger partial charge in [-0.15, -0.1) is 0 Å². The zero-order valence-electron chi connectivity index (χ0n) is 10.3. The lowest BCUT2D eigenvalue weighted by molar-refractivity contribution is -0.124. The second-order valence-corrected chi connectivity index (χ2v) is 4.22. The smallest absolute Gasteiger partial charge is 0.337 e. The van der Waals surface area contributed by atoms with Crippen molar-refractivity contribution in [3.05, 3.63) is 29.6 Å². The van der Waals surface area contributed by atoms with Gasteiger partial charge in [0.15, 0.2) is 0 Å². The van der Waals surface area contributed by atoms with Crippen LogP contribution < -0.4 is 16.0 Å². The molecule has 1 aliphatic rings. The summed E-state index contributed by atoms with van der Waals surface area (Å²) in [5, 5.41) is 16.5. The third-order valence-corrected chi connectivity index (χ3v) is 2.80. The Morgan fingerprint density at radius 1 is 1.40 bits per heavy atom. The number of rotatable bonds is 3. The first kappa shape index (κ1) is 13.9. The number of amides is 2. The number of nitrogens with one attached hydrogen (secondary N) is 3. The Bertz CT molecular complexity index is 566. The molecule has 1 aromatic carbocycles. The number of hydrogen-bond acceptors (Lipinski definition) is 4. The molecule has 0 radical (unpaired) electrons. The van der Waals surface area contributed by atoms with Gasteiger partial charge in [-0.1, -0.05) is 0 Å². The Balaban J connectivity index is 2.13. The molecule has 0 aromatic heterocycles. The second-order valence-electron chi connectivity index (χ2n) is 4.22. The van der Waals surface area contributed by atoms with Gasteiger partial charge in [0.1, 0.15) is 11.9 Å². The largest absolute Gasteiger partial charge is 0.478 e. The van der Waals surface area contributed by atoms with E-state index in [0.717, 1.165) is 18.2 Å². The van der Waals surface area contributed by atoms with E-state index >= 15 is 0 Å². The van der Waals surface area contributed by atoms with Crippen molar-refractivity contribution in [1.82, 2.24) is 10.6 Å². The van der Waals surface area contributed by atoms with E-state index in [9.17, 15) is 18.8 Å². The molecule has 1 saturated heterocycles. The summed E-state index contributed by atoms with van der Waals surface area (Å²) in [6, 6.07) is 2.31. The van der Waals surface area contributed by atoms with Crippen LogP contribution in [-0.4, -0.2) is 42.0 Å². The molecule has 2 rings (SSSR count). The monoisotopic (exact) mass is 281 g/mol. The van der Waals surface area contributed by atoms with E-state index in [1.807, 2.05) is 0 Å². The summed E-state index contributed by atoms with van der Waals surface area (Å²) in [6.45, 7) is 0.0788. The summed E-state index contributed by atoms with van der Waals surface area (Å²) in [7, 11) is 0. The lowest BCUT2D eigenvalue weighted by Crippen LogP contribution is -2.56. The van der Waals surface area contributed by atoms with E-state index in [4.69, 9.17) is 5.11 Å². The van der Waals surface area contributed by atoms with Crippen LogP contribution in [0.3, 0.4) is 0 Å². The minimum absolute atomic E-state index is 0.00692. The van der Waals surface area contributed by atoms with Crippen LogP contribution >= 0.6 is 0 Å². The first-order valence-electron chi connectivity index (χ1n) is 5.81.